The molecule has 0 saturated heterocycles. The van der Waals surface area contributed by atoms with Gasteiger partial charge in [0.15, 0.2) is 0 Å². The molecule has 5 aromatic rings. The smallest absolute Gasteiger partial charge is 0.150 e. The van der Waals surface area contributed by atoms with E-state index in [-0.39, 0.29) is 0 Å². The number of aryl methyl sites for hydroxylation is 2. The Hall–Kier alpha value is -3.95. The van der Waals surface area contributed by atoms with Crippen LogP contribution in [0.1, 0.15) is 87.3 Å². The van der Waals surface area contributed by atoms with Crippen molar-refractivity contribution in [1.29, 1.82) is 0 Å². The lowest BCUT2D eigenvalue weighted by atomic mass is 9.67. The van der Waals surface area contributed by atoms with Crippen molar-refractivity contribution in [3.8, 4) is 22.6 Å². The summed E-state index contributed by atoms with van der Waals surface area (Å²) in [5, 5.41) is 0. The molecule has 1 saturated carbocycles. The molecule has 1 atom stereocenters. The summed E-state index contributed by atoms with van der Waals surface area (Å²) in [4.78, 5) is 11.2. The molecular weight excluding hydrogens is 592 g/mol. The van der Waals surface area contributed by atoms with Crippen molar-refractivity contribution >= 4 is 22.2 Å². The minimum absolute atomic E-state index is 0.472. The number of fused-ring (bicyclic) bond motifs is 3. The Kier molecular flexibility index (Phi) is 7.31. The summed E-state index contributed by atoms with van der Waals surface area (Å²) in [6.07, 6.45) is 7.30. The fourth-order valence-corrected chi connectivity index (χ4v) is 8.15. The van der Waals surface area contributed by atoms with E-state index in [1.54, 1.807) is 12.1 Å². The zero-order valence-corrected chi connectivity index (χ0v) is 26.3. The lowest BCUT2D eigenvalue weighted by Gasteiger charge is -2.35. The van der Waals surface area contributed by atoms with Crippen LogP contribution in [0.2, 0.25) is 0 Å². The first-order valence-electron chi connectivity index (χ1n) is 15.3. The van der Waals surface area contributed by atoms with Gasteiger partial charge in [-0.15, -0.1) is 0 Å². The summed E-state index contributed by atoms with van der Waals surface area (Å²) in [7, 11) is 0. The number of rotatable bonds is 6. The Morgan fingerprint density at radius 1 is 0.744 bits per heavy atom. The first-order chi connectivity index (χ1) is 21.0. The minimum Gasteiger partial charge on any atom is -0.457 e. The van der Waals surface area contributed by atoms with Crippen LogP contribution in [0.15, 0.2) is 108 Å². The average molecular weight is 628 g/mol. The predicted molar refractivity (Wildman–Crippen MR) is 179 cm³/mol. The molecule has 3 heteroatoms. The largest absolute Gasteiger partial charge is 0.457 e. The van der Waals surface area contributed by atoms with E-state index in [1.165, 1.54) is 71.0 Å². The molecule has 1 unspecified atom stereocenters. The number of carbonyl (C=O) groups excluding carboxylic acids is 1. The van der Waals surface area contributed by atoms with E-state index in [0.717, 1.165) is 33.4 Å². The third-order valence-corrected chi connectivity index (χ3v) is 9.98. The molecule has 0 spiro atoms. The highest BCUT2D eigenvalue weighted by molar-refractivity contribution is 9.10. The van der Waals surface area contributed by atoms with Crippen LogP contribution in [0.5, 0.6) is 11.5 Å². The highest BCUT2D eigenvalue weighted by Crippen LogP contribution is 2.59. The summed E-state index contributed by atoms with van der Waals surface area (Å²) >= 11 is 3.97. The molecule has 0 aliphatic heterocycles. The van der Waals surface area contributed by atoms with Crippen LogP contribution in [-0.2, 0) is 5.41 Å². The molecule has 0 bridgehead atoms. The Morgan fingerprint density at radius 2 is 1.42 bits per heavy atom. The first-order valence-corrected chi connectivity index (χ1v) is 16.1. The van der Waals surface area contributed by atoms with Gasteiger partial charge in [-0.25, -0.2) is 0 Å². The van der Waals surface area contributed by atoms with E-state index in [1.807, 2.05) is 12.1 Å². The normalized spacial score (nSPS) is 17.7. The van der Waals surface area contributed by atoms with Crippen molar-refractivity contribution < 1.29 is 9.53 Å². The number of ether oxygens (including phenoxy) is 1. The monoisotopic (exact) mass is 626 g/mol. The van der Waals surface area contributed by atoms with Crippen LogP contribution in [-0.4, -0.2) is 6.29 Å². The fourth-order valence-electron chi connectivity index (χ4n) is 7.67. The van der Waals surface area contributed by atoms with Gasteiger partial charge in [-0.3, -0.25) is 4.79 Å². The van der Waals surface area contributed by atoms with Gasteiger partial charge in [0.25, 0.3) is 0 Å². The third kappa shape index (κ3) is 4.66. The molecule has 0 radical (unpaired) electrons. The standard InChI is InChI=1S/C40H35BrO2/c1-26-21-31(22-27(2)39(26)43-33-19-17-28(25-42)18-20-33)40(30-13-7-4-8-14-30)36-16-10-9-15-34(36)38-35(23-32(41)24-37(38)40)29-11-5-3-6-12-29/h4,7-10,13-25,29H,3,5-6,11-12H2,1-2H3. The average Bonchev–Trinajstić information content (AvgIpc) is 3.34. The number of halogens is 1. The zero-order valence-electron chi connectivity index (χ0n) is 24.7. The van der Waals surface area contributed by atoms with Crippen molar-refractivity contribution in [3.63, 3.8) is 0 Å². The third-order valence-electron chi connectivity index (χ3n) is 9.52. The quantitative estimate of drug-likeness (QED) is 0.172. The fraction of sp³-hybridized carbons (Fsp3) is 0.225. The number of hydrogen-bond acceptors (Lipinski definition) is 2. The second-order valence-electron chi connectivity index (χ2n) is 12.1. The van der Waals surface area contributed by atoms with E-state index in [0.29, 0.717) is 11.5 Å². The summed E-state index contributed by atoms with van der Waals surface area (Å²) in [6.45, 7) is 4.28. The van der Waals surface area contributed by atoms with Crippen molar-refractivity contribution in [2.24, 2.45) is 0 Å². The molecule has 2 nitrogen and oxygen atoms in total. The molecule has 0 amide bonds. The number of aldehydes is 1. The van der Waals surface area contributed by atoms with E-state index >= 15 is 0 Å². The van der Waals surface area contributed by atoms with Gasteiger partial charge in [-0.1, -0.05) is 102 Å². The van der Waals surface area contributed by atoms with Crippen LogP contribution < -0.4 is 4.74 Å². The van der Waals surface area contributed by atoms with E-state index in [9.17, 15) is 4.79 Å². The molecular formula is C40H35BrO2. The SMILES string of the molecule is Cc1cc(C2(c3ccccc3)c3ccccc3-c3c(C4CCCCC4)cc(Br)cc32)cc(C)c1Oc1ccc(C=O)cc1. The maximum Gasteiger partial charge on any atom is 0.150 e. The van der Waals surface area contributed by atoms with Gasteiger partial charge in [-0.05, 0) is 119 Å². The molecule has 5 aromatic carbocycles. The topological polar surface area (TPSA) is 26.3 Å². The lowest BCUT2D eigenvalue weighted by molar-refractivity contribution is 0.112. The Bertz CT molecular complexity index is 1790. The molecule has 0 aromatic heterocycles. The number of hydrogen-bond donors (Lipinski definition) is 0. The van der Waals surface area contributed by atoms with Crippen LogP contribution in [0.3, 0.4) is 0 Å². The van der Waals surface area contributed by atoms with Crippen molar-refractivity contribution in [1.82, 2.24) is 0 Å². The van der Waals surface area contributed by atoms with Gasteiger partial charge >= 0.3 is 0 Å². The molecule has 2 aliphatic carbocycles. The minimum atomic E-state index is -0.472. The summed E-state index contributed by atoms with van der Waals surface area (Å²) in [5.74, 6) is 2.15. The van der Waals surface area contributed by atoms with Gasteiger partial charge < -0.3 is 4.74 Å². The highest BCUT2D eigenvalue weighted by atomic mass is 79.9. The van der Waals surface area contributed by atoms with Crippen molar-refractivity contribution in [3.05, 3.63) is 152 Å². The first kappa shape index (κ1) is 27.9. The zero-order chi connectivity index (χ0) is 29.6. The molecule has 0 heterocycles. The van der Waals surface area contributed by atoms with Gasteiger partial charge in [0, 0.05) is 10.0 Å². The predicted octanol–water partition coefficient (Wildman–Crippen LogP) is 11.1. The van der Waals surface area contributed by atoms with Gasteiger partial charge in [0.1, 0.15) is 17.8 Å². The molecule has 214 valence electrons. The Balaban J connectivity index is 1.48. The van der Waals surface area contributed by atoms with E-state index < -0.39 is 5.41 Å². The van der Waals surface area contributed by atoms with Crippen LogP contribution in [0.25, 0.3) is 11.1 Å². The van der Waals surface area contributed by atoms with Gasteiger partial charge in [0.2, 0.25) is 0 Å². The van der Waals surface area contributed by atoms with Crippen LogP contribution in [0, 0.1) is 13.8 Å². The maximum absolute atomic E-state index is 11.2. The van der Waals surface area contributed by atoms with Crippen molar-refractivity contribution in [2.75, 3.05) is 0 Å². The van der Waals surface area contributed by atoms with Crippen LogP contribution >= 0.6 is 15.9 Å². The second-order valence-corrected chi connectivity index (χ2v) is 13.1. The van der Waals surface area contributed by atoms with Crippen molar-refractivity contribution in [2.45, 2.75) is 57.3 Å². The second kappa shape index (κ2) is 11.3. The Morgan fingerprint density at radius 3 is 2.12 bits per heavy atom. The molecule has 1 fully saturated rings. The summed E-state index contributed by atoms with van der Waals surface area (Å²) in [5.41, 5.74) is 11.8. The van der Waals surface area contributed by atoms with Crippen LogP contribution in [0.4, 0.5) is 0 Å². The molecule has 7 rings (SSSR count). The summed E-state index contributed by atoms with van der Waals surface area (Å²) in [6, 6.07) is 36.8. The molecule has 43 heavy (non-hydrogen) atoms. The summed E-state index contributed by atoms with van der Waals surface area (Å²) < 4.78 is 7.57. The maximum atomic E-state index is 11.2. The lowest BCUT2D eigenvalue weighted by Crippen LogP contribution is -2.29. The Labute approximate surface area is 262 Å². The van der Waals surface area contributed by atoms with E-state index in [4.69, 9.17) is 4.74 Å². The molecule has 2 aliphatic rings. The highest BCUT2D eigenvalue weighted by Gasteiger charge is 2.47. The van der Waals surface area contributed by atoms with Gasteiger partial charge in [-0.2, -0.15) is 0 Å². The number of carbonyl (C=O) groups is 1. The van der Waals surface area contributed by atoms with Gasteiger partial charge in [0.05, 0.1) is 5.41 Å². The number of benzene rings is 5. The van der Waals surface area contributed by atoms with E-state index in [2.05, 4.69) is 109 Å². The molecule has 0 N–H and O–H groups in total.